The van der Waals surface area contributed by atoms with Gasteiger partial charge in [-0.3, -0.25) is 4.79 Å². The van der Waals surface area contributed by atoms with Crippen LogP contribution in [0.3, 0.4) is 0 Å². The van der Waals surface area contributed by atoms with Gasteiger partial charge in [0, 0.05) is 13.5 Å². The van der Waals surface area contributed by atoms with Gasteiger partial charge in [0.15, 0.2) is 0 Å². The zero-order valence-corrected chi connectivity index (χ0v) is 10.3. The highest BCUT2D eigenvalue weighted by molar-refractivity contribution is 5.92. The second kappa shape index (κ2) is 4.84. The van der Waals surface area contributed by atoms with Gasteiger partial charge >= 0.3 is 0 Å². The van der Waals surface area contributed by atoms with E-state index in [1.165, 1.54) is 19.3 Å². The lowest BCUT2D eigenvalue weighted by Crippen LogP contribution is -2.57. The predicted octanol–water partition coefficient (Wildman–Crippen LogP) is 2.33. The van der Waals surface area contributed by atoms with E-state index in [9.17, 15) is 4.79 Å². The maximum absolute atomic E-state index is 11.8. The minimum absolute atomic E-state index is 0.0990. The lowest BCUT2D eigenvalue weighted by molar-refractivity contribution is -0.179. The zero-order valence-electron chi connectivity index (χ0n) is 10.3. The first-order chi connectivity index (χ1) is 7.69. The van der Waals surface area contributed by atoms with E-state index in [-0.39, 0.29) is 17.6 Å². The Hall–Kier alpha value is -0.410. The van der Waals surface area contributed by atoms with Crippen LogP contribution in [0.4, 0.5) is 0 Å². The van der Waals surface area contributed by atoms with Crippen LogP contribution in [0.15, 0.2) is 0 Å². The molecule has 2 aliphatic carbocycles. The molecule has 0 N–H and O–H groups in total. The fraction of sp³-hybridized carbons (Fsp3) is 0.923. The molecule has 2 aliphatic rings. The summed E-state index contributed by atoms with van der Waals surface area (Å²) in [6.45, 7) is 2.63. The fourth-order valence-electron chi connectivity index (χ4n) is 3.13. The van der Waals surface area contributed by atoms with E-state index in [4.69, 9.17) is 9.47 Å². The summed E-state index contributed by atoms with van der Waals surface area (Å²) in [6.07, 6.45) is 6.59. The summed E-state index contributed by atoms with van der Waals surface area (Å²) in [7, 11) is 1.68. The monoisotopic (exact) mass is 226 g/mol. The smallest absolute Gasteiger partial charge is 0.144 e. The van der Waals surface area contributed by atoms with E-state index in [1.54, 1.807) is 7.11 Å². The predicted molar refractivity (Wildman–Crippen MR) is 61.4 cm³/mol. The molecule has 2 atom stereocenters. The first-order valence-electron chi connectivity index (χ1n) is 6.37. The van der Waals surface area contributed by atoms with Gasteiger partial charge in [-0.05, 0) is 19.8 Å². The van der Waals surface area contributed by atoms with Gasteiger partial charge in [0.1, 0.15) is 5.78 Å². The van der Waals surface area contributed by atoms with E-state index >= 15 is 0 Å². The van der Waals surface area contributed by atoms with Crippen molar-refractivity contribution in [3.8, 4) is 0 Å². The molecule has 0 aliphatic heterocycles. The molecule has 1 spiro atoms. The van der Waals surface area contributed by atoms with Crippen molar-refractivity contribution in [3.63, 3.8) is 0 Å². The Kier molecular flexibility index (Phi) is 3.65. The van der Waals surface area contributed by atoms with Gasteiger partial charge < -0.3 is 9.47 Å². The Labute approximate surface area is 97.5 Å². The molecule has 0 radical (unpaired) electrons. The third-order valence-electron chi connectivity index (χ3n) is 4.09. The fourth-order valence-corrected chi connectivity index (χ4v) is 3.13. The number of ether oxygens (including phenoxy) is 2. The van der Waals surface area contributed by atoms with Gasteiger partial charge in [-0.2, -0.15) is 0 Å². The maximum atomic E-state index is 11.8. The lowest BCUT2D eigenvalue weighted by atomic mass is 9.57. The second-order valence-corrected chi connectivity index (χ2v) is 5.23. The average molecular weight is 226 g/mol. The van der Waals surface area contributed by atoms with Crippen LogP contribution in [0.1, 0.15) is 45.4 Å². The average Bonchev–Trinajstić information content (AvgIpc) is 2.30. The maximum Gasteiger partial charge on any atom is 0.144 e. The summed E-state index contributed by atoms with van der Waals surface area (Å²) in [5.41, 5.74) is -0.111. The molecular weight excluding hydrogens is 204 g/mol. The Bertz CT molecular complexity index is 256. The molecule has 92 valence electrons. The topological polar surface area (TPSA) is 35.5 Å². The third kappa shape index (κ3) is 2.03. The van der Waals surface area contributed by atoms with Crippen LogP contribution < -0.4 is 0 Å². The number of Topliss-reactive ketones (excluding diaryl/α,β-unsaturated/α-hetero) is 1. The van der Waals surface area contributed by atoms with Gasteiger partial charge in [-0.25, -0.2) is 0 Å². The van der Waals surface area contributed by atoms with Crippen LogP contribution >= 0.6 is 0 Å². The van der Waals surface area contributed by atoms with Crippen LogP contribution in [0, 0.1) is 5.41 Å². The van der Waals surface area contributed by atoms with E-state index in [2.05, 4.69) is 0 Å². The number of hydrogen-bond acceptors (Lipinski definition) is 3. The first-order valence-corrected chi connectivity index (χ1v) is 6.37. The lowest BCUT2D eigenvalue weighted by Gasteiger charge is -2.50. The van der Waals surface area contributed by atoms with Crippen molar-refractivity contribution in [2.75, 3.05) is 13.7 Å². The number of methoxy groups -OCH3 is 1. The minimum Gasteiger partial charge on any atom is -0.382 e. The number of carbonyl (C=O) groups excluding carboxylic acids is 1. The van der Waals surface area contributed by atoms with Crippen molar-refractivity contribution in [1.29, 1.82) is 0 Å². The summed E-state index contributed by atoms with van der Waals surface area (Å²) in [4.78, 5) is 11.8. The normalized spacial score (nSPS) is 30.1. The quantitative estimate of drug-likeness (QED) is 0.738. The highest BCUT2D eigenvalue weighted by Crippen LogP contribution is 2.50. The van der Waals surface area contributed by atoms with Gasteiger partial charge in [0.25, 0.3) is 0 Å². The third-order valence-corrected chi connectivity index (χ3v) is 4.09. The van der Waals surface area contributed by atoms with E-state index in [0.29, 0.717) is 18.8 Å². The van der Waals surface area contributed by atoms with Crippen molar-refractivity contribution in [2.24, 2.45) is 5.41 Å². The van der Waals surface area contributed by atoms with Gasteiger partial charge in [-0.15, -0.1) is 0 Å². The van der Waals surface area contributed by atoms with Crippen molar-refractivity contribution < 1.29 is 14.3 Å². The largest absolute Gasteiger partial charge is 0.382 e. The van der Waals surface area contributed by atoms with Crippen LogP contribution in [0.2, 0.25) is 0 Å². The number of ketones is 1. The number of rotatable bonds is 4. The van der Waals surface area contributed by atoms with E-state index in [0.717, 1.165) is 12.8 Å². The molecule has 0 bridgehead atoms. The van der Waals surface area contributed by atoms with Gasteiger partial charge in [0.2, 0.25) is 0 Å². The van der Waals surface area contributed by atoms with Crippen molar-refractivity contribution in [3.05, 3.63) is 0 Å². The van der Waals surface area contributed by atoms with Crippen LogP contribution in [-0.4, -0.2) is 31.7 Å². The van der Waals surface area contributed by atoms with Crippen LogP contribution in [0.5, 0.6) is 0 Å². The van der Waals surface area contributed by atoms with Crippen molar-refractivity contribution in [2.45, 2.75) is 57.7 Å². The number of hydrogen-bond donors (Lipinski definition) is 0. The molecular formula is C13H22O3. The molecule has 0 heterocycles. The Morgan fingerprint density at radius 1 is 1.38 bits per heavy atom. The molecule has 2 unspecified atom stereocenters. The molecule has 3 nitrogen and oxygen atoms in total. The summed E-state index contributed by atoms with van der Waals surface area (Å²) in [6, 6.07) is 0. The minimum atomic E-state index is -0.111. The Morgan fingerprint density at radius 2 is 2.06 bits per heavy atom. The molecule has 2 rings (SSSR count). The van der Waals surface area contributed by atoms with Gasteiger partial charge in [0.05, 0.1) is 24.2 Å². The van der Waals surface area contributed by atoms with E-state index in [1.807, 2.05) is 6.92 Å². The molecule has 2 fully saturated rings. The summed E-state index contributed by atoms with van der Waals surface area (Å²) < 4.78 is 11.0. The van der Waals surface area contributed by atoms with Crippen LogP contribution in [-0.2, 0) is 14.3 Å². The number of carbonyl (C=O) groups is 1. The standard InChI is InChI=1S/C13H22O3/c1-10(9-15-2)16-12-8-11(14)13(12)6-4-3-5-7-13/h10,12H,3-9H2,1-2H3. The molecule has 0 aromatic carbocycles. The highest BCUT2D eigenvalue weighted by atomic mass is 16.5. The molecule has 0 amide bonds. The molecule has 2 saturated carbocycles. The highest BCUT2D eigenvalue weighted by Gasteiger charge is 2.55. The van der Waals surface area contributed by atoms with E-state index < -0.39 is 0 Å². The summed E-state index contributed by atoms with van der Waals surface area (Å²) in [5, 5.41) is 0. The summed E-state index contributed by atoms with van der Waals surface area (Å²) >= 11 is 0. The SMILES string of the molecule is COCC(C)OC1CC(=O)C12CCCCC2. The molecule has 0 aromatic rings. The van der Waals surface area contributed by atoms with Gasteiger partial charge in [-0.1, -0.05) is 19.3 Å². The molecule has 0 saturated heterocycles. The Morgan fingerprint density at radius 3 is 2.62 bits per heavy atom. The zero-order chi connectivity index (χ0) is 11.6. The second-order valence-electron chi connectivity index (χ2n) is 5.23. The first kappa shape index (κ1) is 12.1. The summed E-state index contributed by atoms with van der Waals surface area (Å²) in [5.74, 6) is 0.432. The molecule has 3 heteroatoms. The van der Waals surface area contributed by atoms with Crippen molar-refractivity contribution >= 4 is 5.78 Å². The molecule has 16 heavy (non-hydrogen) atoms. The van der Waals surface area contributed by atoms with Crippen LogP contribution in [0.25, 0.3) is 0 Å². The molecule has 0 aromatic heterocycles. The van der Waals surface area contributed by atoms with Crippen molar-refractivity contribution in [1.82, 2.24) is 0 Å². The Balaban J connectivity index is 1.93.